The van der Waals surface area contributed by atoms with Crippen molar-refractivity contribution in [2.75, 3.05) is 13.7 Å². The van der Waals surface area contributed by atoms with E-state index in [4.69, 9.17) is 4.74 Å². The van der Waals surface area contributed by atoms with Crippen molar-refractivity contribution < 1.29 is 13.2 Å². The minimum absolute atomic E-state index is 0.144. The number of sulfonamides is 1. The van der Waals surface area contributed by atoms with Crippen LogP contribution in [0.25, 0.3) is 5.13 Å². The van der Waals surface area contributed by atoms with E-state index in [1.807, 2.05) is 30.6 Å². The Kier molecular flexibility index (Phi) is 5.16. The molecule has 0 saturated carbocycles. The largest absolute Gasteiger partial charge is 0.495 e. The predicted molar refractivity (Wildman–Crippen MR) is 95.9 cm³/mol. The molecule has 132 valence electrons. The van der Waals surface area contributed by atoms with E-state index in [2.05, 4.69) is 14.8 Å². The van der Waals surface area contributed by atoms with Crippen molar-refractivity contribution in [1.29, 1.82) is 0 Å². The van der Waals surface area contributed by atoms with Crippen LogP contribution in [0.3, 0.4) is 0 Å². The van der Waals surface area contributed by atoms with Crippen molar-refractivity contribution in [3.63, 3.8) is 0 Å². The number of ether oxygens (including phenoxy) is 1. The van der Waals surface area contributed by atoms with E-state index in [-0.39, 0.29) is 11.4 Å². The first-order valence-corrected chi connectivity index (χ1v) is 9.94. The molecule has 0 fully saturated rings. The molecule has 0 unspecified atom stereocenters. The molecule has 0 spiro atoms. The first kappa shape index (κ1) is 17.6. The SMILES string of the molecule is COc1ccc(C)cc1S(=O)(=O)NCCc1csc(-n2cccn2)n1. The first-order chi connectivity index (χ1) is 12.0. The van der Waals surface area contributed by atoms with Gasteiger partial charge in [-0.25, -0.2) is 22.8 Å². The van der Waals surface area contributed by atoms with E-state index in [1.165, 1.54) is 18.4 Å². The Hall–Kier alpha value is -2.23. The van der Waals surface area contributed by atoms with Gasteiger partial charge in [0.15, 0.2) is 0 Å². The summed E-state index contributed by atoms with van der Waals surface area (Å²) in [6.45, 7) is 2.09. The number of nitrogens with zero attached hydrogens (tertiary/aromatic N) is 3. The van der Waals surface area contributed by atoms with Gasteiger partial charge in [-0.2, -0.15) is 5.10 Å². The number of nitrogens with one attached hydrogen (secondary N) is 1. The average Bonchev–Trinajstić information content (AvgIpc) is 3.26. The van der Waals surface area contributed by atoms with Crippen molar-refractivity contribution in [2.45, 2.75) is 18.2 Å². The fourth-order valence-corrected chi connectivity index (χ4v) is 4.36. The number of thiazole rings is 1. The van der Waals surface area contributed by atoms with Crippen LogP contribution < -0.4 is 9.46 Å². The zero-order valence-electron chi connectivity index (χ0n) is 13.8. The molecule has 0 aliphatic carbocycles. The highest BCUT2D eigenvalue weighted by molar-refractivity contribution is 7.89. The molecule has 0 atom stereocenters. The molecule has 0 bridgehead atoms. The molecule has 9 heteroatoms. The molecule has 0 saturated heterocycles. The van der Waals surface area contributed by atoms with Crippen LogP contribution in [0.1, 0.15) is 11.3 Å². The molecule has 2 heterocycles. The van der Waals surface area contributed by atoms with Gasteiger partial charge >= 0.3 is 0 Å². The second-order valence-corrected chi connectivity index (χ2v) is 7.95. The normalized spacial score (nSPS) is 11.6. The predicted octanol–water partition coefficient (Wildman–Crippen LogP) is 2.17. The Labute approximate surface area is 150 Å². The Morgan fingerprint density at radius 2 is 2.20 bits per heavy atom. The van der Waals surface area contributed by atoms with Gasteiger partial charge in [0.25, 0.3) is 0 Å². The Bertz CT molecular complexity index is 950. The maximum Gasteiger partial charge on any atom is 0.244 e. The summed E-state index contributed by atoms with van der Waals surface area (Å²) in [5.41, 5.74) is 1.67. The fourth-order valence-electron chi connectivity index (χ4n) is 2.28. The highest BCUT2D eigenvalue weighted by Gasteiger charge is 2.19. The van der Waals surface area contributed by atoms with Crippen LogP contribution in [0.15, 0.2) is 46.9 Å². The van der Waals surface area contributed by atoms with Gasteiger partial charge in [-0.15, -0.1) is 11.3 Å². The molecule has 25 heavy (non-hydrogen) atoms. The number of hydrogen-bond acceptors (Lipinski definition) is 6. The van der Waals surface area contributed by atoms with Crippen LogP contribution in [0.2, 0.25) is 0 Å². The van der Waals surface area contributed by atoms with E-state index in [0.717, 1.165) is 16.4 Å². The number of methoxy groups -OCH3 is 1. The summed E-state index contributed by atoms with van der Waals surface area (Å²) in [7, 11) is -2.19. The zero-order valence-corrected chi connectivity index (χ0v) is 15.5. The highest BCUT2D eigenvalue weighted by atomic mass is 32.2. The minimum Gasteiger partial charge on any atom is -0.495 e. The lowest BCUT2D eigenvalue weighted by Crippen LogP contribution is -2.26. The van der Waals surface area contributed by atoms with Crippen molar-refractivity contribution in [2.24, 2.45) is 0 Å². The molecule has 3 aromatic rings. The lowest BCUT2D eigenvalue weighted by Gasteiger charge is -2.11. The van der Waals surface area contributed by atoms with Crippen molar-refractivity contribution >= 4 is 21.4 Å². The summed E-state index contributed by atoms with van der Waals surface area (Å²) < 4.78 is 34.5. The number of aromatic nitrogens is 3. The average molecular weight is 378 g/mol. The third-order valence-electron chi connectivity index (χ3n) is 3.52. The van der Waals surface area contributed by atoms with E-state index >= 15 is 0 Å². The van der Waals surface area contributed by atoms with Crippen molar-refractivity contribution in [3.8, 4) is 10.9 Å². The van der Waals surface area contributed by atoms with Crippen LogP contribution in [-0.4, -0.2) is 36.8 Å². The lowest BCUT2D eigenvalue weighted by atomic mass is 10.2. The molecule has 0 amide bonds. The third-order valence-corrected chi connectivity index (χ3v) is 5.88. The molecule has 2 aromatic heterocycles. The zero-order chi connectivity index (χ0) is 17.9. The summed E-state index contributed by atoms with van der Waals surface area (Å²) in [6.07, 6.45) is 3.99. The molecular formula is C16H18N4O3S2. The van der Waals surface area contributed by atoms with E-state index < -0.39 is 10.0 Å². The quantitative estimate of drug-likeness (QED) is 0.681. The summed E-state index contributed by atoms with van der Waals surface area (Å²) in [4.78, 5) is 4.60. The van der Waals surface area contributed by atoms with Crippen LogP contribution in [0.4, 0.5) is 0 Å². The molecule has 0 aliphatic heterocycles. The second kappa shape index (κ2) is 7.34. The van der Waals surface area contributed by atoms with Crippen LogP contribution in [0, 0.1) is 6.92 Å². The number of hydrogen-bond donors (Lipinski definition) is 1. The van der Waals surface area contributed by atoms with Gasteiger partial charge < -0.3 is 4.74 Å². The molecule has 1 aromatic carbocycles. The van der Waals surface area contributed by atoms with Gasteiger partial charge in [0, 0.05) is 30.7 Å². The van der Waals surface area contributed by atoms with Gasteiger partial charge in [0.2, 0.25) is 15.2 Å². The van der Waals surface area contributed by atoms with Gasteiger partial charge in [-0.05, 0) is 30.7 Å². The minimum atomic E-state index is -3.65. The summed E-state index contributed by atoms with van der Waals surface area (Å²) in [5.74, 6) is 0.327. The summed E-state index contributed by atoms with van der Waals surface area (Å²) >= 11 is 1.46. The number of aryl methyl sites for hydroxylation is 1. The monoisotopic (exact) mass is 378 g/mol. The van der Waals surface area contributed by atoms with E-state index in [1.54, 1.807) is 23.0 Å². The highest BCUT2D eigenvalue weighted by Crippen LogP contribution is 2.24. The molecule has 1 N–H and O–H groups in total. The Morgan fingerprint density at radius 1 is 1.36 bits per heavy atom. The van der Waals surface area contributed by atoms with Crippen LogP contribution in [-0.2, 0) is 16.4 Å². The van der Waals surface area contributed by atoms with Gasteiger partial charge in [0.05, 0.1) is 12.8 Å². The summed E-state index contributed by atoms with van der Waals surface area (Å²) in [5, 5.41) is 6.78. The van der Waals surface area contributed by atoms with Gasteiger partial charge in [0.1, 0.15) is 10.6 Å². The third kappa shape index (κ3) is 4.06. The first-order valence-electron chi connectivity index (χ1n) is 7.58. The molecular weight excluding hydrogens is 360 g/mol. The number of rotatable bonds is 7. The molecule has 0 radical (unpaired) electrons. The molecule has 0 aliphatic rings. The van der Waals surface area contributed by atoms with Crippen molar-refractivity contribution in [3.05, 3.63) is 53.3 Å². The Balaban J connectivity index is 1.66. The summed E-state index contributed by atoms with van der Waals surface area (Å²) in [6, 6.07) is 6.88. The standard InChI is InChI=1S/C16H18N4O3S2/c1-12-4-5-14(23-2)15(10-12)25(21,22)18-8-6-13-11-24-16(19-13)20-9-3-7-17-20/h3-5,7,9-11,18H,6,8H2,1-2H3. The maximum absolute atomic E-state index is 12.5. The topological polar surface area (TPSA) is 86.1 Å². The Morgan fingerprint density at radius 3 is 2.92 bits per heavy atom. The van der Waals surface area contributed by atoms with Gasteiger partial charge in [-0.3, -0.25) is 0 Å². The van der Waals surface area contributed by atoms with E-state index in [0.29, 0.717) is 12.2 Å². The van der Waals surface area contributed by atoms with E-state index in [9.17, 15) is 8.42 Å². The number of benzene rings is 1. The maximum atomic E-state index is 12.5. The molecule has 3 rings (SSSR count). The molecule has 7 nitrogen and oxygen atoms in total. The van der Waals surface area contributed by atoms with Gasteiger partial charge in [-0.1, -0.05) is 6.07 Å². The second-order valence-electron chi connectivity index (χ2n) is 5.37. The fraction of sp³-hybridized carbons (Fsp3) is 0.250. The lowest BCUT2D eigenvalue weighted by molar-refractivity contribution is 0.402. The van der Waals surface area contributed by atoms with Crippen LogP contribution >= 0.6 is 11.3 Å². The van der Waals surface area contributed by atoms with Crippen molar-refractivity contribution in [1.82, 2.24) is 19.5 Å². The van der Waals surface area contributed by atoms with Crippen LogP contribution in [0.5, 0.6) is 5.75 Å². The smallest absolute Gasteiger partial charge is 0.244 e.